The van der Waals surface area contributed by atoms with E-state index in [1.165, 1.54) is 11.8 Å². The van der Waals surface area contributed by atoms with Crippen molar-refractivity contribution in [1.82, 2.24) is 25.5 Å². The van der Waals surface area contributed by atoms with Gasteiger partial charge in [0, 0.05) is 13.2 Å². The smallest absolute Gasteiger partial charge is 0.230 e. The van der Waals surface area contributed by atoms with Crippen molar-refractivity contribution in [3.8, 4) is 0 Å². The minimum atomic E-state index is -0.0280. The quantitative estimate of drug-likeness (QED) is 0.765. The molecule has 1 aliphatic heterocycles. The predicted molar refractivity (Wildman–Crippen MR) is 86.1 cm³/mol. The van der Waals surface area contributed by atoms with Gasteiger partial charge in [-0.3, -0.25) is 4.79 Å². The van der Waals surface area contributed by atoms with Crippen LogP contribution in [-0.4, -0.2) is 51.1 Å². The first-order chi connectivity index (χ1) is 11.3. The number of hydrogen-bond donors (Lipinski definition) is 1. The number of tetrazole rings is 1. The lowest BCUT2D eigenvalue weighted by Gasteiger charge is -2.10. The number of carbonyl (C=O) groups excluding carboxylic acids is 1. The summed E-state index contributed by atoms with van der Waals surface area (Å²) in [5.41, 5.74) is 1.12. The average Bonchev–Trinajstić information content (AvgIpc) is 3.24. The maximum Gasteiger partial charge on any atom is 0.230 e. The van der Waals surface area contributed by atoms with Gasteiger partial charge < -0.3 is 10.1 Å². The van der Waals surface area contributed by atoms with E-state index in [2.05, 4.69) is 20.8 Å². The number of amides is 1. The molecule has 1 aromatic heterocycles. The van der Waals surface area contributed by atoms with Gasteiger partial charge in [0.05, 0.1) is 18.4 Å². The lowest BCUT2D eigenvalue weighted by molar-refractivity contribution is -0.119. The summed E-state index contributed by atoms with van der Waals surface area (Å²) in [4.78, 5) is 11.9. The summed E-state index contributed by atoms with van der Waals surface area (Å²) in [5.74, 6) is 0.266. The third-order valence-electron chi connectivity index (χ3n) is 3.56. The van der Waals surface area contributed by atoms with Crippen LogP contribution in [0.25, 0.3) is 0 Å². The Kier molecular flexibility index (Phi) is 5.60. The zero-order valence-corrected chi connectivity index (χ0v) is 13.5. The summed E-state index contributed by atoms with van der Waals surface area (Å²) in [5, 5.41) is 15.2. The highest BCUT2D eigenvalue weighted by molar-refractivity contribution is 7.99. The second-order valence-corrected chi connectivity index (χ2v) is 6.27. The zero-order chi connectivity index (χ0) is 15.9. The first-order valence-electron chi connectivity index (χ1n) is 7.62. The largest absolute Gasteiger partial charge is 0.376 e. The van der Waals surface area contributed by atoms with Crippen LogP contribution in [0.5, 0.6) is 0 Å². The summed E-state index contributed by atoms with van der Waals surface area (Å²) in [6.07, 6.45) is 2.25. The maximum absolute atomic E-state index is 11.9. The van der Waals surface area contributed by atoms with Crippen LogP contribution in [0.3, 0.4) is 0 Å². The molecule has 2 aromatic rings. The third kappa shape index (κ3) is 4.77. The molecule has 0 radical (unpaired) electrons. The second-order valence-electron chi connectivity index (χ2n) is 5.33. The van der Waals surface area contributed by atoms with E-state index in [0.29, 0.717) is 24.0 Å². The number of hydrogen-bond acceptors (Lipinski definition) is 6. The number of nitrogens with zero attached hydrogens (tertiary/aromatic N) is 4. The molecule has 0 spiro atoms. The van der Waals surface area contributed by atoms with Crippen molar-refractivity contribution < 1.29 is 9.53 Å². The fraction of sp³-hybridized carbons (Fsp3) is 0.467. The van der Waals surface area contributed by atoms with Gasteiger partial charge in [0.25, 0.3) is 0 Å². The van der Waals surface area contributed by atoms with Crippen molar-refractivity contribution in [1.29, 1.82) is 0 Å². The Morgan fingerprint density at radius 2 is 2.26 bits per heavy atom. The summed E-state index contributed by atoms with van der Waals surface area (Å²) in [7, 11) is 0. The van der Waals surface area contributed by atoms with Crippen LogP contribution in [-0.2, 0) is 16.1 Å². The fourth-order valence-corrected chi connectivity index (χ4v) is 3.08. The van der Waals surface area contributed by atoms with Crippen molar-refractivity contribution in [2.24, 2.45) is 0 Å². The van der Waals surface area contributed by atoms with E-state index in [-0.39, 0.29) is 12.0 Å². The molecule has 0 bridgehead atoms. The summed E-state index contributed by atoms with van der Waals surface area (Å²) < 4.78 is 7.18. The predicted octanol–water partition coefficient (Wildman–Crippen LogP) is 1.11. The van der Waals surface area contributed by atoms with Gasteiger partial charge in [0.15, 0.2) is 0 Å². The maximum atomic E-state index is 11.9. The number of carbonyl (C=O) groups is 1. The molecule has 0 unspecified atom stereocenters. The Hall–Kier alpha value is -1.93. The zero-order valence-electron chi connectivity index (χ0n) is 12.7. The topological polar surface area (TPSA) is 81.9 Å². The summed E-state index contributed by atoms with van der Waals surface area (Å²) in [6, 6.07) is 9.96. The van der Waals surface area contributed by atoms with E-state index < -0.39 is 0 Å². The first kappa shape index (κ1) is 15.9. The number of thioether (sulfide) groups is 1. The Labute approximate surface area is 138 Å². The van der Waals surface area contributed by atoms with E-state index >= 15 is 0 Å². The standard InChI is InChI=1S/C15H19N5O2S/c21-14(16-9-13-7-4-8-22-13)11-23-15-17-18-19-20(15)10-12-5-2-1-3-6-12/h1-3,5-6,13H,4,7-11H2,(H,16,21)/t13-/m1/s1. The molecule has 0 aliphatic carbocycles. The lowest BCUT2D eigenvalue weighted by Crippen LogP contribution is -2.32. The lowest BCUT2D eigenvalue weighted by atomic mass is 10.2. The minimum absolute atomic E-state index is 0.0280. The highest BCUT2D eigenvalue weighted by Gasteiger charge is 2.16. The normalized spacial score (nSPS) is 17.3. The molecule has 7 nitrogen and oxygen atoms in total. The van der Waals surface area contributed by atoms with Crippen LogP contribution in [0.1, 0.15) is 18.4 Å². The number of ether oxygens (including phenoxy) is 1. The molecule has 1 aromatic carbocycles. The first-order valence-corrected chi connectivity index (χ1v) is 8.61. The van der Waals surface area contributed by atoms with Gasteiger partial charge in [-0.25, -0.2) is 4.68 Å². The molecule has 3 rings (SSSR count). The highest BCUT2D eigenvalue weighted by Crippen LogP contribution is 2.15. The highest BCUT2D eigenvalue weighted by atomic mass is 32.2. The van der Waals surface area contributed by atoms with Gasteiger partial charge >= 0.3 is 0 Å². The molecule has 122 valence electrons. The molecule has 23 heavy (non-hydrogen) atoms. The molecule has 1 saturated heterocycles. The molecule has 1 fully saturated rings. The molecular weight excluding hydrogens is 314 g/mol. The average molecular weight is 333 g/mol. The van der Waals surface area contributed by atoms with Gasteiger partial charge in [-0.05, 0) is 28.8 Å². The Balaban J connectivity index is 1.46. The molecule has 1 N–H and O–H groups in total. The Bertz CT molecular complexity index is 628. The van der Waals surface area contributed by atoms with Crippen LogP contribution in [0.2, 0.25) is 0 Å². The van der Waals surface area contributed by atoms with E-state index in [0.717, 1.165) is 25.0 Å². The molecular formula is C15H19N5O2S. The van der Waals surface area contributed by atoms with Gasteiger partial charge in [0.1, 0.15) is 0 Å². The number of benzene rings is 1. The third-order valence-corrected chi connectivity index (χ3v) is 4.51. The molecule has 8 heteroatoms. The van der Waals surface area contributed by atoms with Gasteiger partial charge in [-0.2, -0.15) is 0 Å². The fourth-order valence-electron chi connectivity index (χ4n) is 2.37. The van der Waals surface area contributed by atoms with Crippen molar-refractivity contribution in [2.75, 3.05) is 18.9 Å². The van der Waals surface area contributed by atoms with E-state index in [4.69, 9.17) is 4.74 Å². The van der Waals surface area contributed by atoms with Crippen molar-refractivity contribution in [3.63, 3.8) is 0 Å². The van der Waals surface area contributed by atoms with Crippen molar-refractivity contribution >= 4 is 17.7 Å². The van der Waals surface area contributed by atoms with E-state index in [9.17, 15) is 4.79 Å². The van der Waals surface area contributed by atoms with Crippen LogP contribution in [0.15, 0.2) is 35.5 Å². The van der Waals surface area contributed by atoms with Gasteiger partial charge in [-0.1, -0.05) is 42.1 Å². The van der Waals surface area contributed by atoms with Crippen LogP contribution < -0.4 is 5.32 Å². The molecule has 1 aliphatic rings. The molecule has 1 amide bonds. The van der Waals surface area contributed by atoms with E-state index in [1.54, 1.807) is 4.68 Å². The van der Waals surface area contributed by atoms with Crippen LogP contribution in [0, 0.1) is 0 Å². The van der Waals surface area contributed by atoms with E-state index in [1.807, 2.05) is 30.3 Å². The molecule has 2 heterocycles. The Morgan fingerprint density at radius 3 is 3.04 bits per heavy atom. The van der Waals surface area contributed by atoms with Crippen LogP contribution >= 0.6 is 11.8 Å². The van der Waals surface area contributed by atoms with Crippen LogP contribution in [0.4, 0.5) is 0 Å². The SMILES string of the molecule is O=C(CSc1nnnn1Cc1ccccc1)NC[C@H]1CCCO1. The minimum Gasteiger partial charge on any atom is -0.376 e. The molecule has 0 saturated carbocycles. The number of rotatable bonds is 7. The number of nitrogens with one attached hydrogen (secondary N) is 1. The van der Waals surface area contributed by atoms with Crippen molar-refractivity contribution in [3.05, 3.63) is 35.9 Å². The summed E-state index contributed by atoms with van der Waals surface area (Å²) >= 11 is 1.34. The number of aromatic nitrogens is 4. The second kappa shape index (κ2) is 8.07. The van der Waals surface area contributed by atoms with Gasteiger partial charge in [-0.15, -0.1) is 5.10 Å². The van der Waals surface area contributed by atoms with Gasteiger partial charge in [0.2, 0.25) is 11.1 Å². The monoisotopic (exact) mass is 333 g/mol. The molecule has 1 atom stereocenters. The van der Waals surface area contributed by atoms with Crippen molar-refractivity contribution in [2.45, 2.75) is 30.6 Å². The summed E-state index contributed by atoms with van der Waals surface area (Å²) in [6.45, 7) is 1.96. The Morgan fingerprint density at radius 1 is 1.39 bits per heavy atom.